The van der Waals surface area contributed by atoms with Crippen LogP contribution >= 0.6 is 0 Å². The molecule has 0 unspecified atom stereocenters. The summed E-state index contributed by atoms with van der Waals surface area (Å²) in [6.45, 7) is 4.01. The minimum atomic E-state index is -3.97. The Bertz CT molecular complexity index is 1180. The lowest BCUT2D eigenvalue weighted by Crippen LogP contribution is -2.51. The first-order valence-corrected chi connectivity index (χ1v) is 13.8. The molecule has 1 heterocycles. The van der Waals surface area contributed by atoms with Crippen molar-refractivity contribution >= 4 is 10.1 Å². The summed E-state index contributed by atoms with van der Waals surface area (Å²) >= 11 is 0. The highest BCUT2D eigenvalue weighted by atomic mass is 32.2. The van der Waals surface area contributed by atoms with Crippen LogP contribution in [0.25, 0.3) is 0 Å². The number of rotatable bonds is 4. The number of aryl methyl sites for hydroxylation is 2. The first kappa shape index (κ1) is 21.9. The highest BCUT2D eigenvalue weighted by Gasteiger charge is 2.67. The van der Waals surface area contributed by atoms with Gasteiger partial charge in [0.05, 0.1) is 17.8 Å². The van der Waals surface area contributed by atoms with Gasteiger partial charge in [0.15, 0.2) is 0 Å². The normalized spacial score (nSPS) is 39.5. The quantitative estimate of drug-likeness (QED) is 0.609. The molecule has 3 fully saturated rings. The Morgan fingerprint density at radius 1 is 1.15 bits per heavy atom. The summed E-state index contributed by atoms with van der Waals surface area (Å²) in [6.07, 6.45) is 9.69. The SMILES string of the molecule is Cc1ccccc1S(=O)(=O)O[C@]1(CO)C[C@@]23CC[C@@H]4c5ccoc5CC[C@@]4(C)[C@@H]2CC[C@@H]1C3. The molecule has 6 heteroatoms. The second kappa shape index (κ2) is 7.19. The molecule has 6 atom stereocenters. The molecule has 5 nitrogen and oxygen atoms in total. The molecule has 2 bridgehead atoms. The van der Waals surface area contributed by atoms with Crippen molar-refractivity contribution in [3.63, 3.8) is 0 Å². The Kier molecular flexibility index (Phi) is 4.76. The van der Waals surface area contributed by atoms with Crippen LogP contribution in [0.1, 0.15) is 74.7 Å². The van der Waals surface area contributed by atoms with E-state index in [0.717, 1.165) is 50.7 Å². The number of furan rings is 1. The molecule has 1 aromatic carbocycles. The zero-order valence-electron chi connectivity index (χ0n) is 19.5. The van der Waals surface area contributed by atoms with E-state index in [2.05, 4.69) is 13.0 Å². The maximum atomic E-state index is 13.4. The first-order chi connectivity index (χ1) is 15.7. The molecule has 2 aromatic rings. The van der Waals surface area contributed by atoms with Crippen LogP contribution in [0.3, 0.4) is 0 Å². The van der Waals surface area contributed by atoms with E-state index in [4.69, 9.17) is 8.60 Å². The molecule has 1 aromatic heterocycles. The largest absolute Gasteiger partial charge is 0.469 e. The average molecular weight is 471 g/mol. The van der Waals surface area contributed by atoms with Gasteiger partial charge in [-0.15, -0.1) is 0 Å². The lowest BCUT2D eigenvalue weighted by molar-refractivity contribution is -0.0708. The van der Waals surface area contributed by atoms with Crippen molar-refractivity contribution < 1.29 is 22.1 Å². The van der Waals surface area contributed by atoms with Crippen molar-refractivity contribution in [2.45, 2.75) is 81.6 Å². The van der Waals surface area contributed by atoms with Crippen LogP contribution in [0.4, 0.5) is 0 Å². The predicted octanol–water partition coefficient (Wildman–Crippen LogP) is 5.36. The molecule has 4 aliphatic carbocycles. The van der Waals surface area contributed by atoms with Crippen molar-refractivity contribution in [2.24, 2.45) is 22.7 Å². The van der Waals surface area contributed by atoms with E-state index in [9.17, 15) is 13.5 Å². The van der Waals surface area contributed by atoms with Crippen molar-refractivity contribution in [1.82, 2.24) is 0 Å². The smallest absolute Gasteiger partial charge is 0.297 e. The van der Waals surface area contributed by atoms with E-state index in [-0.39, 0.29) is 28.3 Å². The molecule has 0 radical (unpaired) electrons. The molecule has 178 valence electrons. The van der Waals surface area contributed by atoms with Gasteiger partial charge in [-0.05, 0) is 104 Å². The van der Waals surface area contributed by atoms with Gasteiger partial charge in [-0.1, -0.05) is 25.1 Å². The summed E-state index contributed by atoms with van der Waals surface area (Å²) in [5.74, 6) is 2.26. The molecule has 6 rings (SSSR count). The molecular weight excluding hydrogens is 436 g/mol. The van der Waals surface area contributed by atoms with Crippen LogP contribution in [0.5, 0.6) is 0 Å². The Balaban J connectivity index is 1.35. The van der Waals surface area contributed by atoms with Crippen LogP contribution in [0.15, 0.2) is 45.9 Å². The van der Waals surface area contributed by atoms with Gasteiger partial charge in [-0.2, -0.15) is 8.42 Å². The molecule has 4 aliphatic rings. The number of hydrogen-bond donors (Lipinski definition) is 1. The minimum absolute atomic E-state index is 0.0411. The van der Waals surface area contributed by atoms with Gasteiger partial charge in [0.1, 0.15) is 11.4 Å². The van der Waals surface area contributed by atoms with Gasteiger partial charge in [0.25, 0.3) is 10.1 Å². The van der Waals surface area contributed by atoms with Crippen molar-refractivity contribution in [3.05, 3.63) is 53.5 Å². The van der Waals surface area contributed by atoms with Gasteiger partial charge < -0.3 is 9.52 Å². The monoisotopic (exact) mass is 470 g/mol. The third-order valence-electron chi connectivity index (χ3n) is 10.1. The summed E-state index contributed by atoms with van der Waals surface area (Å²) in [6, 6.07) is 9.13. The molecule has 0 amide bonds. The van der Waals surface area contributed by atoms with Crippen molar-refractivity contribution in [1.29, 1.82) is 0 Å². The van der Waals surface area contributed by atoms with Crippen molar-refractivity contribution in [2.75, 3.05) is 6.61 Å². The summed E-state index contributed by atoms with van der Waals surface area (Å²) in [7, 11) is -3.97. The summed E-state index contributed by atoms with van der Waals surface area (Å²) < 4.78 is 38.6. The lowest BCUT2D eigenvalue weighted by Gasteiger charge is -2.59. The number of aliphatic hydroxyl groups is 1. The summed E-state index contributed by atoms with van der Waals surface area (Å²) in [5, 5.41) is 10.6. The Morgan fingerprint density at radius 2 is 1.97 bits per heavy atom. The van der Waals surface area contributed by atoms with Crippen LogP contribution in [0.2, 0.25) is 0 Å². The van der Waals surface area contributed by atoms with Gasteiger partial charge >= 0.3 is 0 Å². The van der Waals surface area contributed by atoms with E-state index in [1.807, 2.05) is 12.3 Å². The number of fused-ring (bicyclic) bond motifs is 5. The molecule has 0 aliphatic heterocycles. The van der Waals surface area contributed by atoms with Gasteiger partial charge in [0, 0.05) is 6.42 Å². The highest BCUT2D eigenvalue weighted by molar-refractivity contribution is 7.86. The minimum Gasteiger partial charge on any atom is -0.469 e. The highest BCUT2D eigenvalue weighted by Crippen LogP contribution is 2.72. The lowest BCUT2D eigenvalue weighted by atomic mass is 9.45. The zero-order chi connectivity index (χ0) is 23.1. The van der Waals surface area contributed by atoms with E-state index in [1.54, 1.807) is 25.1 Å². The van der Waals surface area contributed by atoms with Gasteiger partial charge in [0.2, 0.25) is 0 Å². The van der Waals surface area contributed by atoms with E-state index in [1.165, 1.54) is 5.56 Å². The Morgan fingerprint density at radius 3 is 2.76 bits per heavy atom. The summed E-state index contributed by atoms with van der Waals surface area (Å²) in [4.78, 5) is 0.212. The molecule has 1 spiro atoms. The molecule has 33 heavy (non-hydrogen) atoms. The zero-order valence-corrected chi connectivity index (χ0v) is 20.4. The first-order valence-electron chi connectivity index (χ1n) is 12.4. The second-order valence-corrected chi connectivity index (χ2v) is 13.0. The van der Waals surface area contributed by atoms with Gasteiger partial charge in [-0.25, -0.2) is 0 Å². The summed E-state index contributed by atoms with van der Waals surface area (Å²) in [5.41, 5.74) is 1.27. The fourth-order valence-electron chi connectivity index (χ4n) is 8.71. The number of benzene rings is 1. The molecule has 1 N–H and O–H groups in total. The van der Waals surface area contributed by atoms with E-state index >= 15 is 0 Å². The Hall–Kier alpha value is -1.63. The average Bonchev–Trinajstić information content (AvgIpc) is 3.34. The topological polar surface area (TPSA) is 76.7 Å². The van der Waals surface area contributed by atoms with Gasteiger partial charge in [-0.3, -0.25) is 4.18 Å². The molecular formula is C27H34O5S. The number of hydrogen-bond acceptors (Lipinski definition) is 5. The van der Waals surface area contributed by atoms with Crippen LogP contribution < -0.4 is 0 Å². The van der Waals surface area contributed by atoms with Crippen LogP contribution in [-0.2, 0) is 20.7 Å². The maximum Gasteiger partial charge on any atom is 0.297 e. The molecule has 3 saturated carbocycles. The third-order valence-corrected chi connectivity index (χ3v) is 11.6. The second-order valence-electron chi connectivity index (χ2n) is 11.5. The van der Waals surface area contributed by atoms with Crippen LogP contribution in [-0.4, -0.2) is 25.7 Å². The van der Waals surface area contributed by atoms with E-state index < -0.39 is 15.7 Å². The third kappa shape index (κ3) is 2.99. The fourth-order valence-corrected chi connectivity index (χ4v) is 10.2. The maximum absolute atomic E-state index is 13.4. The fraction of sp³-hybridized carbons (Fsp3) is 0.630. The Labute approximate surface area is 196 Å². The molecule has 0 saturated heterocycles. The van der Waals surface area contributed by atoms with Crippen LogP contribution in [0, 0.1) is 29.6 Å². The predicted molar refractivity (Wildman–Crippen MR) is 124 cm³/mol. The van der Waals surface area contributed by atoms with E-state index in [0.29, 0.717) is 23.8 Å². The number of aliphatic hydroxyl groups excluding tert-OH is 1. The van der Waals surface area contributed by atoms with Crippen molar-refractivity contribution in [3.8, 4) is 0 Å². The standard InChI is InChI=1S/C27H34O5S/c1-18-5-3-4-6-23(18)33(29,30)32-27(17-28)16-26-13-9-21-20-11-14-31-22(20)10-12-25(21,2)24(26)8-7-19(27)15-26/h3-6,11,14,19,21,24,28H,7-10,12-13,15-17H2,1-2H3/t19-,21-,24+,25-,26+,27+/m1/s1.